The van der Waals surface area contributed by atoms with Gasteiger partial charge in [-0.25, -0.2) is 21.9 Å². The maximum Gasteiger partial charge on any atom is 0.282 e. The molecular formula is C23H18F2N2O3S. The van der Waals surface area contributed by atoms with E-state index >= 15 is 0 Å². The van der Waals surface area contributed by atoms with Crippen LogP contribution in [0.2, 0.25) is 0 Å². The van der Waals surface area contributed by atoms with Gasteiger partial charge >= 0.3 is 0 Å². The summed E-state index contributed by atoms with van der Waals surface area (Å²) < 4.78 is 53.2. The molecule has 0 radical (unpaired) electrons. The third kappa shape index (κ3) is 4.06. The van der Waals surface area contributed by atoms with Gasteiger partial charge in [0.05, 0.1) is 16.3 Å². The molecule has 0 aliphatic heterocycles. The average molecular weight is 440 g/mol. The Labute approximate surface area is 178 Å². The Kier molecular flexibility index (Phi) is 5.32. The van der Waals surface area contributed by atoms with E-state index in [1.54, 1.807) is 48.5 Å². The van der Waals surface area contributed by atoms with Gasteiger partial charge in [-0.05, 0) is 42.0 Å². The van der Waals surface area contributed by atoms with Crippen LogP contribution in [0.1, 0.15) is 12.1 Å². The number of benzene rings is 3. The first kappa shape index (κ1) is 20.7. The molecule has 0 saturated heterocycles. The summed E-state index contributed by atoms with van der Waals surface area (Å²) in [5.74, 6) is 0.0110. The molecular weight excluding hydrogens is 422 g/mol. The molecule has 1 aromatic heterocycles. The quantitative estimate of drug-likeness (QED) is 0.460. The van der Waals surface area contributed by atoms with E-state index in [-0.39, 0.29) is 16.2 Å². The molecule has 158 valence electrons. The SMILES string of the molecule is CS(=O)(=O)c1ccc(-c2c(-c3ccc(O)cc3)c(C(F)F)nn2-c2ccccc2)cc1. The van der Waals surface area contributed by atoms with Gasteiger partial charge in [-0.1, -0.05) is 42.5 Å². The summed E-state index contributed by atoms with van der Waals surface area (Å²) in [6.45, 7) is 0. The lowest BCUT2D eigenvalue weighted by atomic mass is 9.98. The van der Waals surface area contributed by atoms with Gasteiger partial charge in [-0.3, -0.25) is 0 Å². The normalized spacial score (nSPS) is 11.7. The molecule has 0 saturated carbocycles. The first-order valence-corrected chi connectivity index (χ1v) is 11.2. The van der Waals surface area contributed by atoms with Gasteiger partial charge < -0.3 is 5.11 Å². The van der Waals surface area contributed by atoms with E-state index in [9.17, 15) is 22.3 Å². The fourth-order valence-corrected chi connectivity index (χ4v) is 4.01. The summed E-state index contributed by atoms with van der Waals surface area (Å²) in [4.78, 5) is 0.127. The van der Waals surface area contributed by atoms with Crippen LogP contribution in [0.5, 0.6) is 5.75 Å². The van der Waals surface area contributed by atoms with Crippen molar-refractivity contribution in [1.82, 2.24) is 9.78 Å². The highest BCUT2D eigenvalue weighted by atomic mass is 32.2. The van der Waals surface area contributed by atoms with E-state index in [0.717, 1.165) is 6.26 Å². The van der Waals surface area contributed by atoms with Crippen LogP contribution in [0.25, 0.3) is 28.1 Å². The summed E-state index contributed by atoms with van der Waals surface area (Å²) in [7, 11) is -3.41. The fourth-order valence-electron chi connectivity index (χ4n) is 3.38. The largest absolute Gasteiger partial charge is 0.508 e. The van der Waals surface area contributed by atoms with Crippen molar-refractivity contribution in [3.05, 3.63) is 84.6 Å². The Morgan fingerprint density at radius 2 is 1.45 bits per heavy atom. The molecule has 0 aliphatic carbocycles. The van der Waals surface area contributed by atoms with Gasteiger partial charge in [0.25, 0.3) is 6.43 Å². The monoisotopic (exact) mass is 440 g/mol. The topological polar surface area (TPSA) is 72.2 Å². The van der Waals surface area contributed by atoms with Crippen LogP contribution in [0.3, 0.4) is 0 Å². The predicted octanol–water partition coefficient (Wildman–Crippen LogP) is 5.25. The van der Waals surface area contributed by atoms with Crippen molar-refractivity contribution in [2.24, 2.45) is 0 Å². The maximum atomic E-state index is 14.0. The second-order valence-corrected chi connectivity index (χ2v) is 9.02. The minimum Gasteiger partial charge on any atom is -0.508 e. The Balaban J connectivity index is 2.04. The zero-order valence-corrected chi connectivity index (χ0v) is 17.2. The van der Waals surface area contributed by atoms with Crippen LogP contribution < -0.4 is 0 Å². The van der Waals surface area contributed by atoms with Crippen LogP contribution in [-0.4, -0.2) is 29.6 Å². The number of alkyl halides is 2. The lowest BCUT2D eigenvalue weighted by molar-refractivity contribution is 0.146. The fraction of sp³-hybridized carbons (Fsp3) is 0.0870. The number of halogens is 2. The number of aromatic hydroxyl groups is 1. The molecule has 3 aromatic carbocycles. The standard InChI is InChI=1S/C23H18F2N2O3S/c1-31(29,30)19-13-9-16(10-14-19)22-20(15-7-11-18(28)12-8-15)21(23(24)25)26-27(22)17-5-3-2-4-6-17/h2-14,23,28H,1H3. The highest BCUT2D eigenvalue weighted by Gasteiger charge is 2.27. The highest BCUT2D eigenvalue weighted by Crippen LogP contribution is 2.41. The van der Waals surface area contributed by atoms with Crippen molar-refractivity contribution in [3.8, 4) is 33.8 Å². The minimum absolute atomic E-state index is 0.0110. The second-order valence-electron chi connectivity index (χ2n) is 7.00. The number of rotatable bonds is 5. The lowest BCUT2D eigenvalue weighted by Crippen LogP contribution is -2.01. The van der Waals surface area contributed by atoms with E-state index in [1.165, 1.54) is 28.9 Å². The first-order valence-electron chi connectivity index (χ1n) is 9.32. The second kappa shape index (κ2) is 7.96. The van der Waals surface area contributed by atoms with Crippen molar-refractivity contribution in [2.45, 2.75) is 11.3 Å². The van der Waals surface area contributed by atoms with Crippen LogP contribution in [0.4, 0.5) is 8.78 Å². The van der Waals surface area contributed by atoms with Crippen molar-refractivity contribution in [2.75, 3.05) is 6.26 Å². The number of sulfone groups is 1. The zero-order valence-electron chi connectivity index (χ0n) is 16.4. The van der Waals surface area contributed by atoms with Crippen molar-refractivity contribution in [1.29, 1.82) is 0 Å². The molecule has 0 fully saturated rings. The Morgan fingerprint density at radius 3 is 2.00 bits per heavy atom. The number of hydrogen-bond donors (Lipinski definition) is 1. The highest BCUT2D eigenvalue weighted by molar-refractivity contribution is 7.90. The van der Waals surface area contributed by atoms with E-state index < -0.39 is 22.0 Å². The van der Waals surface area contributed by atoms with Crippen LogP contribution in [-0.2, 0) is 9.84 Å². The minimum atomic E-state index is -3.41. The van der Waals surface area contributed by atoms with Gasteiger partial charge in [0, 0.05) is 17.4 Å². The number of para-hydroxylation sites is 1. The molecule has 0 bridgehead atoms. The molecule has 1 heterocycles. The van der Waals surface area contributed by atoms with Gasteiger partial charge in [-0.15, -0.1) is 0 Å². The number of aromatic nitrogens is 2. The van der Waals surface area contributed by atoms with Gasteiger partial charge in [0.1, 0.15) is 11.4 Å². The molecule has 4 rings (SSSR count). The Hall–Kier alpha value is -3.52. The van der Waals surface area contributed by atoms with E-state index in [1.807, 2.05) is 6.07 Å². The first-order chi connectivity index (χ1) is 14.8. The maximum absolute atomic E-state index is 14.0. The summed E-state index contributed by atoms with van der Waals surface area (Å²) in [5, 5.41) is 13.8. The lowest BCUT2D eigenvalue weighted by Gasteiger charge is -2.11. The number of nitrogens with zero attached hydrogens (tertiary/aromatic N) is 2. The molecule has 1 N–H and O–H groups in total. The Bertz CT molecular complexity index is 1320. The molecule has 0 amide bonds. The summed E-state index contributed by atoms with van der Waals surface area (Å²) in [5.41, 5.74) is 1.77. The van der Waals surface area contributed by atoms with Crippen LogP contribution >= 0.6 is 0 Å². The average Bonchev–Trinajstić information content (AvgIpc) is 3.15. The molecule has 5 nitrogen and oxygen atoms in total. The van der Waals surface area contributed by atoms with Crippen molar-refractivity contribution in [3.63, 3.8) is 0 Å². The van der Waals surface area contributed by atoms with Crippen molar-refractivity contribution < 1.29 is 22.3 Å². The number of hydrogen-bond acceptors (Lipinski definition) is 4. The molecule has 0 spiro atoms. The number of phenols is 1. The predicted molar refractivity (Wildman–Crippen MR) is 114 cm³/mol. The van der Waals surface area contributed by atoms with Gasteiger partial charge in [-0.2, -0.15) is 5.10 Å². The van der Waals surface area contributed by atoms with Gasteiger partial charge in [0.15, 0.2) is 9.84 Å². The summed E-state index contributed by atoms with van der Waals surface area (Å²) in [6.07, 6.45) is -1.74. The number of phenolic OH excluding ortho intramolecular Hbond substituents is 1. The van der Waals surface area contributed by atoms with Crippen molar-refractivity contribution >= 4 is 9.84 Å². The Morgan fingerprint density at radius 1 is 0.871 bits per heavy atom. The zero-order chi connectivity index (χ0) is 22.2. The van der Waals surface area contributed by atoms with Gasteiger partial charge in [0.2, 0.25) is 0 Å². The molecule has 4 aromatic rings. The molecule has 0 unspecified atom stereocenters. The third-order valence-electron chi connectivity index (χ3n) is 4.83. The third-order valence-corrected chi connectivity index (χ3v) is 5.96. The molecule has 0 aliphatic rings. The van der Waals surface area contributed by atoms with Crippen LogP contribution in [0, 0.1) is 0 Å². The summed E-state index contributed by atoms with van der Waals surface area (Å²) >= 11 is 0. The molecule has 31 heavy (non-hydrogen) atoms. The van der Waals surface area contributed by atoms with E-state index in [4.69, 9.17) is 0 Å². The van der Waals surface area contributed by atoms with E-state index in [0.29, 0.717) is 22.5 Å². The van der Waals surface area contributed by atoms with Crippen LogP contribution in [0.15, 0.2) is 83.8 Å². The van der Waals surface area contributed by atoms with E-state index in [2.05, 4.69) is 5.10 Å². The molecule has 8 heteroatoms. The molecule has 0 atom stereocenters. The smallest absolute Gasteiger partial charge is 0.282 e. The summed E-state index contributed by atoms with van der Waals surface area (Å²) in [6, 6.07) is 20.8.